The molecule has 0 saturated heterocycles. The summed E-state index contributed by atoms with van der Waals surface area (Å²) in [7, 11) is 0. The standard InChI is InChI=1S/C13H11FN2O/c14-9-3-6-11(13(16)17)12(7-9)8-1-4-10(15)5-2-8/h1-7H,15H2,(H2,16,17). The third-order valence-electron chi connectivity index (χ3n) is 2.47. The van der Waals surface area contributed by atoms with E-state index in [9.17, 15) is 9.18 Å². The molecular formula is C13H11FN2O. The van der Waals surface area contributed by atoms with E-state index in [-0.39, 0.29) is 5.56 Å². The zero-order chi connectivity index (χ0) is 12.4. The number of hydrogen-bond acceptors (Lipinski definition) is 2. The van der Waals surface area contributed by atoms with Crippen LogP contribution in [0, 0.1) is 5.82 Å². The number of primary amides is 1. The van der Waals surface area contributed by atoms with Gasteiger partial charge in [0.05, 0.1) is 0 Å². The highest BCUT2D eigenvalue weighted by Gasteiger charge is 2.10. The molecule has 0 aliphatic rings. The quantitative estimate of drug-likeness (QED) is 0.776. The Morgan fingerprint density at radius 3 is 2.29 bits per heavy atom. The largest absolute Gasteiger partial charge is 0.399 e. The summed E-state index contributed by atoms with van der Waals surface area (Å²) in [6, 6.07) is 10.7. The van der Waals surface area contributed by atoms with Crippen molar-refractivity contribution in [3.05, 3.63) is 53.8 Å². The van der Waals surface area contributed by atoms with Gasteiger partial charge in [0.2, 0.25) is 5.91 Å². The minimum atomic E-state index is -0.586. The SMILES string of the molecule is NC(=O)c1ccc(F)cc1-c1ccc(N)cc1. The first-order chi connectivity index (χ1) is 8.08. The molecule has 0 unspecified atom stereocenters. The van der Waals surface area contributed by atoms with E-state index in [1.54, 1.807) is 24.3 Å². The van der Waals surface area contributed by atoms with Gasteiger partial charge in [0.1, 0.15) is 5.82 Å². The second-order valence-corrected chi connectivity index (χ2v) is 3.68. The molecule has 0 aliphatic heterocycles. The molecule has 1 amide bonds. The van der Waals surface area contributed by atoms with Crippen LogP contribution in [0.3, 0.4) is 0 Å². The van der Waals surface area contributed by atoms with E-state index in [1.165, 1.54) is 18.2 Å². The van der Waals surface area contributed by atoms with Gasteiger partial charge >= 0.3 is 0 Å². The van der Waals surface area contributed by atoms with Gasteiger partial charge in [0, 0.05) is 11.3 Å². The van der Waals surface area contributed by atoms with Crippen LogP contribution in [0.15, 0.2) is 42.5 Å². The molecule has 0 fully saturated rings. The average Bonchev–Trinajstić information content (AvgIpc) is 2.29. The molecule has 2 rings (SSSR count). The van der Waals surface area contributed by atoms with Crippen molar-refractivity contribution in [1.29, 1.82) is 0 Å². The van der Waals surface area contributed by atoms with Crippen LogP contribution in [0.4, 0.5) is 10.1 Å². The van der Waals surface area contributed by atoms with Crippen molar-refractivity contribution in [2.75, 3.05) is 5.73 Å². The maximum Gasteiger partial charge on any atom is 0.249 e. The number of amides is 1. The lowest BCUT2D eigenvalue weighted by atomic mass is 9.99. The van der Waals surface area contributed by atoms with E-state index in [2.05, 4.69) is 0 Å². The number of halogens is 1. The minimum absolute atomic E-state index is 0.288. The van der Waals surface area contributed by atoms with Crippen molar-refractivity contribution in [3.8, 4) is 11.1 Å². The highest BCUT2D eigenvalue weighted by Crippen LogP contribution is 2.25. The summed E-state index contributed by atoms with van der Waals surface area (Å²) < 4.78 is 13.2. The number of carbonyl (C=O) groups is 1. The molecule has 0 spiro atoms. The summed E-state index contributed by atoms with van der Waals surface area (Å²) in [6.07, 6.45) is 0. The second kappa shape index (κ2) is 4.25. The average molecular weight is 230 g/mol. The molecule has 4 N–H and O–H groups in total. The predicted octanol–water partition coefficient (Wildman–Crippen LogP) is 2.17. The monoisotopic (exact) mass is 230 g/mol. The zero-order valence-electron chi connectivity index (χ0n) is 8.98. The molecule has 0 aromatic heterocycles. The highest BCUT2D eigenvalue weighted by atomic mass is 19.1. The van der Waals surface area contributed by atoms with Crippen molar-refractivity contribution >= 4 is 11.6 Å². The van der Waals surface area contributed by atoms with Crippen LogP contribution in [0.5, 0.6) is 0 Å². The van der Waals surface area contributed by atoms with E-state index in [0.717, 1.165) is 0 Å². The lowest BCUT2D eigenvalue weighted by Crippen LogP contribution is -2.12. The van der Waals surface area contributed by atoms with E-state index in [0.29, 0.717) is 16.8 Å². The molecular weight excluding hydrogens is 219 g/mol. The normalized spacial score (nSPS) is 10.2. The van der Waals surface area contributed by atoms with E-state index in [1.807, 2.05) is 0 Å². The number of rotatable bonds is 2. The first-order valence-electron chi connectivity index (χ1n) is 5.03. The smallest absolute Gasteiger partial charge is 0.249 e. The molecule has 86 valence electrons. The molecule has 17 heavy (non-hydrogen) atoms. The summed E-state index contributed by atoms with van der Waals surface area (Å²) in [5, 5.41) is 0. The first kappa shape index (κ1) is 11.1. The van der Waals surface area contributed by atoms with Gasteiger partial charge in [0.15, 0.2) is 0 Å². The zero-order valence-corrected chi connectivity index (χ0v) is 8.98. The van der Waals surface area contributed by atoms with E-state index in [4.69, 9.17) is 11.5 Å². The van der Waals surface area contributed by atoms with Crippen LogP contribution >= 0.6 is 0 Å². The van der Waals surface area contributed by atoms with E-state index < -0.39 is 11.7 Å². The number of benzene rings is 2. The van der Waals surface area contributed by atoms with Gasteiger partial charge in [-0.1, -0.05) is 12.1 Å². The van der Waals surface area contributed by atoms with Gasteiger partial charge in [-0.25, -0.2) is 4.39 Å². The molecule has 0 aliphatic carbocycles. The molecule has 0 radical (unpaired) electrons. The predicted molar refractivity (Wildman–Crippen MR) is 64.8 cm³/mol. The Morgan fingerprint density at radius 2 is 1.71 bits per heavy atom. The van der Waals surface area contributed by atoms with Crippen LogP contribution in [0.1, 0.15) is 10.4 Å². The Kier molecular flexibility index (Phi) is 2.78. The molecule has 4 heteroatoms. The van der Waals surface area contributed by atoms with Crippen molar-refractivity contribution in [1.82, 2.24) is 0 Å². The molecule has 0 heterocycles. The van der Waals surface area contributed by atoms with Crippen LogP contribution in [-0.2, 0) is 0 Å². The lowest BCUT2D eigenvalue weighted by Gasteiger charge is -2.07. The summed E-state index contributed by atoms with van der Waals surface area (Å²) in [5.74, 6) is -1.00. The van der Waals surface area contributed by atoms with Crippen molar-refractivity contribution < 1.29 is 9.18 Å². The number of anilines is 1. The van der Waals surface area contributed by atoms with Crippen LogP contribution in [0.2, 0.25) is 0 Å². The summed E-state index contributed by atoms with van der Waals surface area (Å²) in [6.45, 7) is 0. The van der Waals surface area contributed by atoms with Crippen LogP contribution in [0.25, 0.3) is 11.1 Å². The minimum Gasteiger partial charge on any atom is -0.399 e. The molecule has 2 aromatic carbocycles. The van der Waals surface area contributed by atoms with Gasteiger partial charge < -0.3 is 11.5 Å². The van der Waals surface area contributed by atoms with Gasteiger partial charge in [-0.3, -0.25) is 4.79 Å². The third-order valence-corrected chi connectivity index (χ3v) is 2.47. The summed E-state index contributed by atoms with van der Waals surface area (Å²) in [4.78, 5) is 11.2. The van der Waals surface area contributed by atoms with Crippen molar-refractivity contribution in [2.24, 2.45) is 5.73 Å². The summed E-state index contributed by atoms with van der Waals surface area (Å²) >= 11 is 0. The Balaban J connectivity index is 2.60. The molecule has 0 atom stereocenters. The van der Waals surface area contributed by atoms with Crippen molar-refractivity contribution in [2.45, 2.75) is 0 Å². The molecule has 3 nitrogen and oxygen atoms in total. The number of carbonyl (C=O) groups excluding carboxylic acids is 1. The third kappa shape index (κ3) is 2.25. The number of nitrogen functional groups attached to an aromatic ring is 1. The molecule has 0 bridgehead atoms. The maximum atomic E-state index is 13.2. The van der Waals surface area contributed by atoms with Gasteiger partial charge in [0.25, 0.3) is 0 Å². The Morgan fingerprint density at radius 1 is 1.06 bits per heavy atom. The highest BCUT2D eigenvalue weighted by molar-refractivity contribution is 5.99. The Labute approximate surface area is 97.9 Å². The molecule has 2 aromatic rings. The number of nitrogens with two attached hydrogens (primary N) is 2. The summed E-state index contributed by atoms with van der Waals surface area (Å²) in [5.41, 5.74) is 12.9. The first-order valence-corrected chi connectivity index (χ1v) is 5.03. The maximum absolute atomic E-state index is 13.2. The Hall–Kier alpha value is -2.36. The van der Waals surface area contributed by atoms with Gasteiger partial charge in [-0.15, -0.1) is 0 Å². The van der Waals surface area contributed by atoms with Crippen LogP contribution in [-0.4, -0.2) is 5.91 Å². The van der Waals surface area contributed by atoms with Crippen LogP contribution < -0.4 is 11.5 Å². The van der Waals surface area contributed by atoms with Crippen molar-refractivity contribution in [3.63, 3.8) is 0 Å². The lowest BCUT2D eigenvalue weighted by molar-refractivity contribution is 0.100. The second-order valence-electron chi connectivity index (χ2n) is 3.68. The fourth-order valence-electron chi connectivity index (χ4n) is 1.63. The van der Waals surface area contributed by atoms with Gasteiger partial charge in [-0.05, 0) is 41.5 Å². The van der Waals surface area contributed by atoms with E-state index >= 15 is 0 Å². The fraction of sp³-hybridized carbons (Fsp3) is 0. The molecule has 0 saturated carbocycles. The number of hydrogen-bond donors (Lipinski definition) is 2. The fourth-order valence-corrected chi connectivity index (χ4v) is 1.63. The topological polar surface area (TPSA) is 69.1 Å². The Bertz CT molecular complexity index is 564. The van der Waals surface area contributed by atoms with Gasteiger partial charge in [-0.2, -0.15) is 0 Å².